The summed E-state index contributed by atoms with van der Waals surface area (Å²) in [6.07, 6.45) is 5.24. The van der Waals surface area contributed by atoms with Gasteiger partial charge in [-0.15, -0.1) is 0 Å². The van der Waals surface area contributed by atoms with Gasteiger partial charge in [-0.05, 0) is 32.0 Å². The van der Waals surface area contributed by atoms with Crippen LogP contribution in [0.4, 0.5) is 5.69 Å². The fourth-order valence-corrected chi connectivity index (χ4v) is 5.04. The van der Waals surface area contributed by atoms with Crippen LogP contribution in [0.5, 0.6) is 0 Å². The fraction of sp³-hybridized carbons (Fsp3) is 0.364. The number of aromatic nitrogens is 2. The molecule has 2 aromatic rings. The fourth-order valence-electron chi connectivity index (χ4n) is 3.70. The number of fused-ring (bicyclic) bond motifs is 2. The lowest BCUT2D eigenvalue weighted by molar-refractivity contribution is -0.134. The Morgan fingerprint density at radius 3 is 2.34 bits per heavy atom. The molecule has 2 N–H and O–H groups in total. The molecule has 4 rings (SSSR count). The van der Waals surface area contributed by atoms with Crippen LogP contribution in [0.2, 0.25) is 0 Å². The number of likely N-dealkylation sites (tertiary alicyclic amines) is 1. The van der Waals surface area contributed by atoms with E-state index in [0.717, 1.165) is 19.6 Å². The van der Waals surface area contributed by atoms with Crippen molar-refractivity contribution in [1.82, 2.24) is 14.7 Å². The number of aliphatic carboxylic acids is 2. The van der Waals surface area contributed by atoms with E-state index in [1.165, 1.54) is 28.9 Å². The third-order valence-electron chi connectivity index (χ3n) is 5.38. The van der Waals surface area contributed by atoms with E-state index in [4.69, 9.17) is 15.1 Å². The quantitative estimate of drug-likeness (QED) is 0.334. The van der Waals surface area contributed by atoms with Gasteiger partial charge in [-0.1, -0.05) is 23.4 Å². The molecule has 0 saturated carbocycles. The predicted octanol–water partition coefficient (Wildman–Crippen LogP) is 1.14. The first-order chi connectivity index (χ1) is 16.6. The van der Waals surface area contributed by atoms with Crippen molar-refractivity contribution in [2.45, 2.75) is 17.9 Å². The first-order valence-electron chi connectivity index (χ1n) is 10.8. The van der Waals surface area contributed by atoms with Crippen LogP contribution in [0.3, 0.4) is 0 Å². The normalized spacial score (nSPS) is 17.9. The Bertz CT molecular complexity index is 1230. The number of carbonyl (C=O) groups is 2. The lowest BCUT2D eigenvalue weighted by Gasteiger charge is -2.18. The van der Waals surface area contributed by atoms with Crippen LogP contribution >= 0.6 is 0 Å². The van der Waals surface area contributed by atoms with Gasteiger partial charge in [-0.2, -0.15) is 13.5 Å². The van der Waals surface area contributed by atoms with Crippen molar-refractivity contribution in [1.29, 1.82) is 0 Å². The van der Waals surface area contributed by atoms with Gasteiger partial charge in [-0.25, -0.2) is 9.59 Å². The highest BCUT2D eigenvalue weighted by Gasteiger charge is 2.36. The highest BCUT2D eigenvalue weighted by Crippen LogP contribution is 2.33. The number of aryl methyl sites for hydroxylation is 1. The first-order valence-corrected chi connectivity index (χ1v) is 12.2. The average molecular weight is 506 g/mol. The Kier molecular flexibility index (Phi) is 8.25. The van der Waals surface area contributed by atoms with E-state index in [-0.39, 0.29) is 5.03 Å². The summed E-state index contributed by atoms with van der Waals surface area (Å²) in [4.78, 5) is 27.1. The molecule has 1 saturated heterocycles. The third-order valence-corrected chi connectivity index (χ3v) is 7.08. The van der Waals surface area contributed by atoms with E-state index in [0.29, 0.717) is 41.3 Å². The highest BCUT2D eigenvalue weighted by molar-refractivity contribution is 7.92. The second kappa shape index (κ2) is 11.1. The van der Waals surface area contributed by atoms with Gasteiger partial charge < -0.3 is 15.1 Å². The summed E-state index contributed by atoms with van der Waals surface area (Å²) < 4.78 is 28.7. The van der Waals surface area contributed by atoms with Gasteiger partial charge in [0, 0.05) is 44.6 Å². The molecule has 0 unspecified atom stereocenters. The summed E-state index contributed by atoms with van der Waals surface area (Å²) in [5, 5.41) is 24.1. The molecule has 2 aliphatic rings. The molecule has 0 atom stereocenters. The Morgan fingerprint density at radius 1 is 1.09 bits per heavy atom. The van der Waals surface area contributed by atoms with Crippen molar-refractivity contribution in [3.05, 3.63) is 53.7 Å². The minimum absolute atomic E-state index is 0.00871. The summed E-state index contributed by atoms with van der Waals surface area (Å²) in [7, 11) is -0.542. The van der Waals surface area contributed by atoms with Gasteiger partial charge in [0.2, 0.25) is 5.03 Å². The zero-order valence-electron chi connectivity index (χ0n) is 19.4. The first kappa shape index (κ1) is 25.9. The Morgan fingerprint density at radius 2 is 1.71 bits per heavy atom. The number of anilines is 1. The molecule has 13 heteroatoms. The van der Waals surface area contributed by atoms with Gasteiger partial charge in [0.1, 0.15) is 12.3 Å². The standard InChI is InChI=1S/C18H23N5O3S.C4H4O4/c1-21-13-15-17(20-26-12-11-23-9-5-6-10-23)14-7-3-4-8-16(14)22(2)27(24,25)18(15)19-21;5-3(6)1-2-4(7)8/h3-4,7-8,13H,5-6,9-12H2,1-2H3;1-2H,(H,5,6)(H,7,8)/b20-17+;2-1-. The molecule has 35 heavy (non-hydrogen) atoms. The molecular formula is C22H27N5O7S. The van der Waals surface area contributed by atoms with Gasteiger partial charge in [0.05, 0.1) is 11.3 Å². The summed E-state index contributed by atoms with van der Waals surface area (Å²) in [6.45, 7) is 3.47. The Labute approximate surface area is 202 Å². The van der Waals surface area contributed by atoms with E-state index in [1.54, 1.807) is 25.4 Å². The molecule has 1 aromatic carbocycles. The number of hydrogen-bond donors (Lipinski definition) is 2. The lowest BCUT2D eigenvalue weighted by Crippen LogP contribution is -2.27. The molecule has 0 radical (unpaired) electrons. The molecule has 188 valence electrons. The maximum Gasteiger partial charge on any atom is 0.328 e. The molecular weight excluding hydrogens is 478 g/mol. The van der Waals surface area contributed by atoms with E-state index in [1.807, 2.05) is 12.1 Å². The number of carboxylic acid groups (broad SMARTS) is 2. The second-order valence-electron chi connectivity index (χ2n) is 7.84. The van der Waals surface area contributed by atoms with Crippen molar-refractivity contribution >= 4 is 33.4 Å². The predicted molar refractivity (Wildman–Crippen MR) is 127 cm³/mol. The number of sulfonamides is 1. The molecule has 12 nitrogen and oxygen atoms in total. The van der Waals surface area contributed by atoms with E-state index in [2.05, 4.69) is 15.2 Å². The highest BCUT2D eigenvalue weighted by atomic mass is 32.2. The van der Waals surface area contributed by atoms with Crippen molar-refractivity contribution in [3.63, 3.8) is 0 Å². The second-order valence-corrected chi connectivity index (χ2v) is 9.73. The van der Waals surface area contributed by atoms with Gasteiger partial charge in [0.25, 0.3) is 10.0 Å². The number of benzene rings is 1. The van der Waals surface area contributed by atoms with Gasteiger partial charge in [-0.3, -0.25) is 13.9 Å². The van der Waals surface area contributed by atoms with Crippen molar-refractivity contribution in [2.24, 2.45) is 12.2 Å². The zero-order valence-corrected chi connectivity index (χ0v) is 20.2. The van der Waals surface area contributed by atoms with E-state index in [9.17, 15) is 18.0 Å². The number of nitrogens with zero attached hydrogens (tertiary/aromatic N) is 5. The molecule has 0 amide bonds. The lowest BCUT2D eigenvalue weighted by atomic mass is 10.0. The Balaban J connectivity index is 0.000000371. The largest absolute Gasteiger partial charge is 0.478 e. The zero-order chi connectivity index (χ0) is 25.6. The van der Waals surface area contributed by atoms with E-state index < -0.39 is 22.0 Å². The third kappa shape index (κ3) is 6.25. The summed E-state index contributed by atoms with van der Waals surface area (Å²) in [5.41, 5.74) is 2.20. The van der Waals surface area contributed by atoms with Crippen LogP contribution in [0.1, 0.15) is 24.0 Å². The maximum absolute atomic E-state index is 13.0. The summed E-state index contributed by atoms with van der Waals surface area (Å²) in [5.74, 6) is -2.51. The van der Waals surface area contributed by atoms with Crippen molar-refractivity contribution < 1.29 is 33.1 Å². The minimum atomic E-state index is -3.77. The summed E-state index contributed by atoms with van der Waals surface area (Å²) in [6, 6.07) is 7.28. The van der Waals surface area contributed by atoms with Crippen LogP contribution in [-0.2, 0) is 31.5 Å². The van der Waals surface area contributed by atoms with Crippen LogP contribution in [-0.4, -0.2) is 84.3 Å². The number of carboxylic acids is 2. The summed E-state index contributed by atoms with van der Waals surface area (Å²) >= 11 is 0. The van der Waals surface area contributed by atoms with Crippen molar-refractivity contribution in [2.75, 3.05) is 37.6 Å². The number of rotatable bonds is 6. The molecule has 1 aromatic heterocycles. The minimum Gasteiger partial charge on any atom is -0.478 e. The van der Waals surface area contributed by atoms with Crippen LogP contribution in [0.15, 0.2) is 52.8 Å². The topological polar surface area (TPSA) is 155 Å². The van der Waals surface area contributed by atoms with Crippen LogP contribution in [0.25, 0.3) is 0 Å². The molecule has 3 heterocycles. The number of oxime groups is 1. The number of hydrogen-bond acceptors (Lipinski definition) is 8. The molecule has 0 aliphatic carbocycles. The number of para-hydroxylation sites is 1. The van der Waals surface area contributed by atoms with Crippen molar-refractivity contribution in [3.8, 4) is 0 Å². The molecule has 1 fully saturated rings. The van der Waals surface area contributed by atoms with Gasteiger partial charge in [0.15, 0.2) is 0 Å². The average Bonchev–Trinajstić information content (AvgIpc) is 3.46. The van der Waals surface area contributed by atoms with E-state index >= 15 is 0 Å². The Hall–Kier alpha value is -3.71. The molecule has 0 spiro atoms. The molecule has 2 aliphatic heterocycles. The maximum atomic E-state index is 13.0. The molecule has 0 bridgehead atoms. The SMILES string of the molecule is CN1c2ccccc2/C(=N\OCCN2CCCC2)c2cn(C)nc2S1(=O)=O.O=C(O)/C=C\C(=O)O. The van der Waals surface area contributed by atoms with Crippen LogP contribution < -0.4 is 4.31 Å². The smallest absolute Gasteiger partial charge is 0.328 e. The monoisotopic (exact) mass is 505 g/mol. The van der Waals surface area contributed by atoms with Gasteiger partial charge >= 0.3 is 11.9 Å². The van der Waals surface area contributed by atoms with Crippen LogP contribution in [0, 0.1) is 0 Å².